The Morgan fingerprint density at radius 2 is 1.39 bits per heavy atom. The molecule has 0 atom stereocenters. The summed E-state index contributed by atoms with van der Waals surface area (Å²) in [6.07, 6.45) is 1.30. The quantitative estimate of drug-likeness (QED) is 0.735. The number of rotatable bonds is 4. The van der Waals surface area contributed by atoms with Crippen molar-refractivity contribution >= 4 is 37.9 Å². The molecule has 2 aromatic rings. The molecule has 0 radical (unpaired) electrons. The molecule has 4 rings (SSSR count). The SMILES string of the molecule is O=S(=O)(O)C1=C2C(c3ccccc3)=NC(c3ccc(S(=O)(=O)O)cc3)=C2C=N1. The molecule has 142 valence electrons. The van der Waals surface area contributed by atoms with Gasteiger partial charge in [0.05, 0.1) is 21.9 Å². The Morgan fingerprint density at radius 3 is 1.96 bits per heavy atom. The number of fused-ring (bicyclic) bond motifs is 1. The van der Waals surface area contributed by atoms with Gasteiger partial charge >= 0.3 is 10.1 Å². The van der Waals surface area contributed by atoms with Crippen molar-refractivity contribution in [1.82, 2.24) is 0 Å². The highest BCUT2D eigenvalue weighted by Crippen LogP contribution is 2.40. The summed E-state index contributed by atoms with van der Waals surface area (Å²) >= 11 is 0. The highest BCUT2D eigenvalue weighted by Gasteiger charge is 2.35. The number of hydrogen-bond donors (Lipinski definition) is 2. The molecule has 2 aromatic carbocycles. The van der Waals surface area contributed by atoms with Gasteiger partial charge in [-0.15, -0.1) is 0 Å². The number of allylic oxidation sites excluding steroid dienone is 2. The van der Waals surface area contributed by atoms with E-state index in [2.05, 4.69) is 9.98 Å². The van der Waals surface area contributed by atoms with Crippen molar-refractivity contribution in [2.24, 2.45) is 9.98 Å². The van der Waals surface area contributed by atoms with Crippen LogP contribution in [0.25, 0.3) is 5.70 Å². The van der Waals surface area contributed by atoms with Crippen molar-refractivity contribution in [3.05, 3.63) is 81.9 Å². The summed E-state index contributed by atoms with van der Waals surface area (Å²) in [4.78, 5) is 8.09. The van der Waals surface area contributed by atoms with E-state index in [0.29, 0.717) is 28.1 Å². The molecule has 0 saturated heterocycles. The summed E-state index contributed by atoms with van der Waals surface area (Å²) in [5, 5.41) is -0.491. The molecular formula is C18H12N2O6S2. The minimum Gasteiger partial charge on any atom is -0.282 e. The Bertz CT molecular complexity index is 1320. The van der Waals surface area contributed by atoms with E-state index in [4.69, 9.17) is 4.55 Å². The zero-order valence-electron chi connectivity index (χ0n) is 14.0. The van der Waals surface area contributed by atoms with Crippen LogP contribution < -0.4 is 0 Å². The van der Waals surface area contributed by atoms with E-state index in [-0.39, 0.29) is 10.5 Å². The van der Waals surface area contributed by atoms with Crippen LogP contribution in [0.2, 0.25) is 0 Å². The smallest absolute Gasteiger partial charge is 0.282 e. The van der Waals surface area contributed by atoms with Crippen LogP contribution in [0.5, 0.6) is 0 Å². The van der Waals surface area contributed by atoms with Crippen molar-refractivity contribution < 1.29 is 25.9 Å². The number of nitrogens with zero attached hydrogens (tertiary/aromatic N) is 2. The Balaban J connectivity index is 1.93. The molecule has 10 heteroatoms. The van der Waals surface area contributed by atoms with Gasteiger partial charge in [0.2, 0.25) is 0 Å². The first kappa shape index (κ1) is 18.4. The molecule has 0 saturated carbocycles. The van der Waals surface area contributed by atoms with Gasteiger partial charge in [0.1, 0.15) is 0 Å². The van der Waals surface area contributed by atoms with Gasteiger partial charge in [-0.2, -0.15) is 16.8 Å². The lowest BCUT2D eigenvalue weighted by Crippen LogP contribution is -2.08. The number of hydrogen-bond acceptors (Lipinski definition) is 6. The normalized spacial score (nSPS) is 16.6. The zero-order chi connectivity index (χ0) is 20.1. The zero-order valence-corrected chi connectivity index (χ0v) is 15.6. The maximum Gasteiger partial charge on any atom is 0.312 e. The van der Waals surface area contributed by atoms with E-state index in [9.17, 15) is 21.4 Å². The summed E-state index contributed by atoms with van der Waals surface area (Å²) in [6, 6.07) is 14.1. The highest BCUT2D eigenvalue weighted by atomic mass is 32.2. The van der Waals surface area contributed by atoms with Gasteiger partial charge in [-0.1, -0.05) is 42.5 Å². The van der Waals surface area contributed by atoms with Crippen LogP contribution in [0.4, 0.5) is 0 Å². The van der Waals surface area contributed by atoms with Crippen LogP contribution in [0.1, 0.15) is 11.1 Å². The van der Waals surface area contributed by atoms with Crippen molar-refractivity contribution in [2.45, 2.75) is 4.90 Å². The van der Waals surface area contributed by atoms with Crippen LogP contribution >= 0.6 is 0 Å². The maximum atomic E-state index is 11.8. The summed E-state index contributed by atoms with van der Waals surface area (Å²) < 4.78 is 64.6. The minimum atomic E-state index is -4.57. The molecule has 0 aromatic heterocycles. The lowest BCUT2D eigenvalue weighted by atomic mass is 9.99. The summed E-state index contributed by atoms with van der Waals surface area (Å²) in [7, 11) is -8.92. The van der Waals surface area contributed by atoms with Crippen LogP contribution in [0.3, 0.4) is 0 Å². The van der Waals surface area contributed by atoms with E-state index in [1.807, 2.05) is 0 Å². The van der Waals surface area contributed by atoms with Gasteiger partial charge in [-0.25, -0.2) is 9.98 Å². The monoisotopic (exact) mass is 416 g/mol. The third kappa shape index (κ3) is 3.12. The van der Waals surface area contributed by atoms with Crippen LogP contribution in [-0.2, 0) is 20.2 Å². The average molecular weight is 416 g/mol. The predicted molar refractivity (Wildman–Crippen MR) is 103 cm³/mol. The largest absolute Gasteiger partial charge is 0.312 e. The molecule has 2 N–H and O–H groups in total. The molecule has 0 aliphatic carbocycles. The molecule has 2 heterocycles. The number of benzene rings is 2. The average Bonchev–Trinajstić information content (AvgIpc) is 3.22. The first-order valence-electron chi connectivity index (χ1n) is 7.89. The Kier molecular flexibility index (Phi) is 4.16. The summed E-state index contributed by atoms with van der Waals surface area (Å²) in [6.45, 7) is 0. The molecule has 2 aliphatic rings. The maximum absolute atomic E-state index is 11.8. The fourth-order valence-electron chi connectivity index (χ4n) is 3.01. The van der Waals surface area contributed by atoms with Gasteiger partial charge < -0.3 is 0 Å². The van der Waals surface area contributed by atoms with Gasteiger partial charge in [0.25, 0.3) is 10.1 Å². The predicted octanol–water partition coefficient (Wildman–Crippen LogP) is 2.33. The standard InChI is InChI=1S/C18H12N2O6S2/c21-27(22,23)13-8-6-12(7-9-13)16-14-10-19-18(28(24,25)26)15(14)17(20-16)11-4-2-1-3-5-11/h1-10H,(H,21,22,23)(H,24,25,26). The van der Waals surface area contributed by atoms with E-state index in [1.54, 1.807) is 30.3 Å². The molecule has 0 unspecified atom stereocenters. The van der Waals surface area contributed by atoms with E-state index < -0.39 is 25.3 Å². The molecule has 0 bridgehead atoms. The molecule has 0 amide bonds. The van der Waals surface area contributed by atoms with Crippen molar-refractivity contribution in [2.75, 3.05) is 0 Å². The van der Waals surface area contributed by atoms with E-state index in [1.165, 1.54) is 30.5 Å². The van der Waals surface area contributed by atoms with Gasteiger partial charge in [0, 0.05) is 22.9 Å². The first-order valence-corrected chi connectivity index (χ1v) is 10.8. The van der Waals surface area contributed by atoms with Crippen LogP contribution in [0, 0.1) is 0 Å². The molecular weight excluding hydrogens is 404 g/mol. The topological polar surface area (TPSA) is 133 Å². The Labute approximate surface area is 160 Å². The molecule has 2 aliphatic heterocycles. The molecule has 0 fully saturated rings. The third-order valence-electron chi connectivity index (χ3n) is 4.23. The fourth-order valence-corrected chi connectivity index (χ4v) is 4.14. The second-order valence-corrected chi connectivity index (χ2v) is 8.76. The minimum absolute atomic E-state index is 0.183. The fraction of sp³-hybridized carbons (Fsp3) is 0. The van der Waals surface area contributed by atoms with Gasteiger partial charge in [-0.3, -0.25) is 9.11 Å². The second-order valence-electron chi connectivity index (χ2n) is 6.00. The first-order chi connectivity index (χ1) is 13.2. The molecule has 28 heavy (non-hydrogen) atoms. The molecule has 8 nitrogen and oxygen atoms in total. The van der Waals surface area contributed by atoms with Gasteiger partial charge in [-0.05, 0) is 12.1 Å². The number of aliphatic imine (C=N–C) groups is 2. The third-order valence-corrected chi connectivity index (χ3v) is 5.89. The van der Waals surface area contributed by atoms with Crippen LogP contribution in [0.15, 0.2) is 85.7 Å². The second kappa shape index (κ2) is 6.31. The van der Waals surface area contributed by atoms with Crippen LogP contribution in [-0.4, -0.2) is 37.9 Å². The van der Waals surface area contributed by atoms with E-state index >= 15 is 0 Å². The molecule has 0 spiro atoms. The Hall–Kier alpha value is -2.92. The lowest BCUT2D eigenvalue weighted by molar-refractivity contribution is 0.482. The highest BCUT2D eigenvalue weighted by molar-refractivity contribution is 7.89. The van der Waals surface area contributed by atoms with E-state index in [0.717, 1.165) is 0 Å². The van der Waals surface area contributed by atoms with Gasteiger partial charge in [0.15, 0.2) is 5.03 Å². The van der Waals surface area contributed by atoms with Crippen molar-refractivity contribution in [3.8, 4) is 0 Å². The Morgan fingerprint density at radius 1 is 0.750 bits per heavy atom. The van der Waals surface area contributed by atoms with Crippen molar-refractivity contribution in [1.29, 1.82) is 0 Å². The lowest BCUT2D eigenvalue weighted by Gasteiger charge is -2.04. The van der Waals surface area contributed by atoms with Crippen molar-refractivity contribution in [3.63, 3.8) is 0 Å². The summed E-state index contributed by atoms with van der Waals surface area (Å²) in [5.41, 5.74) is 2.40. The summed E-state index contributed by atoms with van der Waals surface area (Å²) in [5.74, 6) is 0.